The highest BCUT2D eigenvalue weighted by atomic mass is 15.2. The summed E-state index contributed by atoms with van der Waals surface area (Å²) in [5.74, 6) is 1.02. The Labute approximate surface area is 101 Å². The summed E-state index contributed by atoms with van der Waals surface area (Å²) in [4.78, 5) is 2.73. The van der Waals surface area contributed by atoms with Crippen molar-refractivity contribution in [1.29, 1.82) is 0 Å². The van der Waals surface area contributed by atoms with Crippen LogP contribution in [0.4, 0.5) is 0 Å². The van der Waals surface area contributed by atoms with Crippen LogP contribution in [0.15, 0.2) is 0 Å². The highest BCUT2D eigenvalue weighted by Crippen LogP contribution is 2.27. The van der Waals surface area contributed by atoms with Gasteiger partial charge in [0, 0.05) is 19.1 Å². The standard InChI is InChI=1S/C14H28N2/c1-2-5-14-6-3-4-10-16(14)11-9-15-12-13-7-8-13/h13-15H,2-12H2,1H3. The van der Waals surface area contributed by atoms with Crippen molar-refractivity contribution in [3.8, 4) is 0 Å². The van der Waals surface area contributed by atoms with Gasteiger partial charge < -0.3 is 5.32 Å². The Bertz CT molecular complexity index is 187. The Hall–Kier alpha value is -0.0800. The predicted molar refractivity (Wildman–Crippen MR) is 69.7 cm³/mol. The number of nitrogens with one attached hydrogen (secondary N) is 1. The van der Waals surface area contributed by atoms with Crippen molar-refractivity contribution in [2.45, 2.75) is 57.9 Å². The lowest BCUT2D eigenvalue weighted by Crippen LogP contribution is -2.43. The summed E-state index contributed by atoms with van der Waals surface area (Å²) in [5, 5.41) is 3.62. The van der Waals surface area contributed by atoms with Crippen LogP contribution in [0.5, 0.6) is 0 Å². The molecule has 0 amide bonds. The van der Waals surface area contributed by atoms with Crippen molar-refractivity contribution >= 4 is 0 Å². The van der Waals surface area contributed by atoms with Crippen molar-refractivity contribution < 1.29 is 0 Å². The second-order valence-corrected chi connectivity index (χ2v) is 5.62. The van der Waals surface area contributed by atoms with Crippen molar-refractivity contribution in [1.82, 2.24) is 10.2 Å². The zero-order chi connectivity index (χ0) is 11.2. The van der Waals surface area contributed by atoms with Crippen LogP contribution in [0.25, 0.3) is 0 Å². The van der Waals surface area contributed by atoms with E-state index in [9.17, 15) is 0 Å². The number of likely N-dealkylation sites (tertiary alicyclic amines) is 1. The Morgan fingerprint density at radius 2 is 2.06 bits per heavy atom. The highest BCUT2D eigenvalue weighted by molar-refractivity contribution is 4.78. The topological polar surface area (TPSA) is 15.3 Å². The third-order valence-corrected chi connectivity index (χ3v) is 4.08. The number of hydrogen-bond donors (Lipinski definition) is 1. The lowest BCUT2D eigenvalue weighted by atomic mass is 9.98. The zero-order valence-corrected chi connectivity index (χ0v) is 10.9. The SMILES string of the molecule is CCCC1CCCCN1CCNCC1CC1. The molecular formula is C14H28N2. The summed E-state index contributed by atoms with van der Waals surface area (Å²) >= 11 is 0. The van der Waals surface area contributed by atoms with E-state index in [0.29, 0.717) is 0 Å². The molecule has 2 aliphatic rings. The van der Waals surface area contributed by atoms with Gasteiger partial charge in [-0.05, 0) is 51.1 Å². The van der Waals surface area contributed by atoms with Crippen LogP contribution in [-0.4, -0.2) is 37.1 Å². The maximum Gasteiger partial charge on any atom is 0.0110 e. The van der Waals surface area contributed by atoms with E-state index < -0.39 is 0 Å². The van der Waals surface area contributed by atoms with Gasteiger partial charge in [0.2, 0.25) is 0 Å². The van der Waals surface area contributed by atoms with Gasteiger partial charge in [0.05, 0.1) is 0 Å². The normalized spacial score (nSPS) is 27.2. The van der Waals surface area contributed by atoms with Gasteiger partial charge in [0.25, 0.3) is 0 Å². The minimum absolute atomic E-state index is 0.890. The van der Waals surface area contributed by atoms with Gasteiger partial charge in [-0.2, -0.15) is 0 Å². The van der Waals surface area contributed by atoms with Crippen LogP contribution in [0, 0.1) is 5.92 Å². The number of piperidine rings is 1. The van der Waals surface area contributed by atoms with E-state index in [1.807, 2.05) is 0 Å². The summed E-state index contributed by atoms with van der Waals surface area (Å²) in [6, 6.07) is 0.890. The maximum atomic E-state index is 3.62. The average molecular weight is 224 g/mol. The molecule has 94 valence electrons. The fraction of sp³-hybridized carbons (Fsp3) is 1.00. The van der Waals surface area contributed by atoms with Crippen molar-refractivity contribution in [2.24, 2.45) is 5.92 Å². The highest BCUT2D eigenvalue weighted by Gasteiger charge is 2.22. The molecule has 0 radical (unpaired) electrons. The molecule has 0 aromatic heterocycles. The van der Waals surface area contributed by atoms with Crippen LogP contribution >= 0.6 is 0 Å². The third kappa shape index (κ3) is 4.06. The monoisotopic (exact) mass is 224 g/mol. The molecule has 2 fully saturated rings. The molecule has 1 unspecified atom stereocenters. The molecule has 1 N–H and O–H groups in total. The van der Waals surface area contributed by atoms with E-state index in [0.717, 1.165) is 12.0 Å². The molecule has 1 aliphatic heterocycles. The number of rotatable bonds is 7. The van der Waals surface area contributed by atoms with E-state index in [-0.39, 0.29) is 0 Å². The molecular weight excluding hydrogens is 196 g/mol. The van der Waals surface area contributed by atoms with Crippen molar-refractivity contribution in [2.75, 3.05) is 26.2 Å². The molecule has 0 aromatic carbocycles. The van der Waals surface area contributed by atoms with E-state index in [4.69, 9.17) is 0 Å². The predicted octanol–water partition coefficient (Wildman–Crippen LogP) is 2.64. The summed E-state index contributed by atoms with van der Waals surface area (Å²) in [6.45, 7) is 7.41. The van der Waals surface area contributed by atoms with E-state index in [1.165, 1.54) is 71.1 Å². The molecule has 2 rings (SSSR count). The average Bonchev–Trinajstić information content (AvgIpc) is 3.11. The molecule has 0 bridgehead atoms. The fourth-order valence-corrected chi connectivity index (χ4v) is 2.87. The number of nitrogens with zero attached hydrogens (tertiary/aromatic N) is 1. The van der Waals surface area contributed by atoms with E-state index >= 15 is 0 Å². The van der Waals surface area contributed by atoms with E-state index in [1.54, 1.807) is 0 Å². The van der Waals surface area contributed by atoms with Crippen LogP contribution in [0.1, 0.15) is 51.9 Å². The molecule has 0 spiro atoms. The van der Waals surface area contributed by atoms with Crippen LogP contribution in [0.2, 0.25) is 0 Å². The maximum absolute atomic E-state index is 3.62. The van der Waals surface area contributed by atoms with Gasteiger partial charge in [-0.15, -0.1) is 0 Å². The van der Waals surface area contributed by atoms with Gasteiger partial charge in [0.1, 0.15) is 0 Å². The first kappa shape index (κ1) is 12.4. The second-order valence-electron chi connectivity index (χ2n) is 5.62. The van der Waals surface area contributed by atoms with Gasteiger partial charge in [0.15, 0.2) is 0 Å². The van der Waals surface area contributed by atoms with Crippen molar-refractivity contribution in [3.05, 3.63) is 0 Å². The summed E-state index contributed by atoms with van der Waals surface area (Å²) < 4.78 is 0. The molecule has 2 heteroatoms. The smallest absolute Gasteiger partial charge is 0.0110 e. The second kappa shape index (κ2) is 6.61. The molecule has 1 atom stereocenters. The van der Waals surface area contributed by atoms with Gasteiger partial charge >= 0.3 is 0 Å². The minimum atomic E-state index is 0.890. The molecule has 2 nitrogen and oxygen atoms in total. The Morgan fingerprint density at radius 3 is 2.81 bits per heavy atom. The lowest BCUT2D eigenvalue weighted by molar-refractivity contribution is 0.140. The summed E-state index contributed by atoms with van der Waals surface area (Å²) in [7, 11) is 0. The van der Waals surface area contributed by atoms with Gasteiger partial charge in [-0.1, -0.05) is 19.8 Å². The van der Waals surface area contributed by atoms with Gasteiger partial charge in [-0.3, -0.25) is 4.90 Å². The van der Waals surface area contributed by atoms with Crippen molar-refractivity contribution in [3.63, 3.8) is 0 Å². The van der Waals surface area contributed by atoms with Crippen LogP contribution in [-0.2, 0) is 0 Å². The quantitative estimate of drug-likeness (QED) is 0.669. The fourth-order valence-electron chi connectivity index (χ4n) is 2.87. The Balaban J connectivity index is 1.60. The van der Waals surface area contributed by atoms with E-state index in [2.05, 4.69) is 17.1 Å². The molecule has 1 saturated heterocycles. The first-order chi connectivity index (χ1) is 7.90. The van der Waals surface area contributed by atoms with Crippen LogP contribution in [0.3, 0.4) is 0 Å². The largest absolute Gasteiger partial charge is 0.315 e. The number of hydrogen-bond acceptors (Lipinski definition) is 2. The first-order valence-corrected chi connectivity index (χ1v) is 7.35. The molecule has 1 aliphatic carbocycles. The first-order valence-electron chi connectivity index (χ1n) is 7.35. The summed E-state index contributed by atoms with van der Waals surface area (Å²) in [6.07, 6.45) is 10.00. The summed E-state index contributed by atoms with van der Waals surface area (Å²) in [5.41, 5.74) is 0. The molecule has 16 heavy (non-hydrogen) atoms. The third-order valence-electron chi connectivity index (χ3n) is 4.08. The Kier molecular flexibility index (Phi) is 5.11. The molecule has 1 saturated carbocycles. The molecule has 0 aromatic rings. The lowest BCUT2D eigenvalue weighted by Gasteiger charge is -2.35. The Morgan fingerprint density at radius 1 is 1.19 bits per heavy atom. The zero-order valence-electron chi connectivity index (χ0n) is 10.9. The van der Waals surface area contributed by atoms with Crippen LogP contribution < -0.4 is 5.32 Å². The van der Waals surface area contributed by atoms with Gasteiger partial charge in [-0.25, -0.2) is 0 Å². The minimum Gasteiger partial charge on any atom is -0.315 e. The molecule has 1 heterocycles.